The molecule has 3 aromatic rings. The van der Waals surface area contributed by atoms with Gasteiger partial charge in [0.05, 0.1) is 17.5 Å². The molecule has 1 N–H and O–H groups in total. The van der Waals surface area contributed by atoms with E-state index >= 15 is 0 Å². The maximum absolute atomic E-state index is 13.6. The van der Waals surface area contributed by atoms with E-state index in [0.717, 1.165) is 5.56 Å². The first kappa shape index (κ1) is 14.5. The molecule has 2 heterocycles. The minimum atomic E-state index is -0.579. The van der Waals surface area contributed by atoms with Crippen molar-refractivity contribution >= 4 is 28.6 Å². The molecule has 0 unspecified atom stereocenters. The highest BCUT2D eigenvalue weighted by Crippen LogP contribution is 2.26. The maximum atomic E-state index is 13.6. The number of carbonyl (C=O) groups is 1. The van der Waals surface area contributed by atoms with E-state index in [0.29, 0.717) is 16.6 Å². The van der Waals surface area contributed by atoms with E-state index < -0.39 is 11.8 Å². The predicted octanol–water partition coefficient (Wildman–Crippen LogP) is 3.51. The summed E-state index contributed by atoms with van der Waals surface area (Å²) < 4.78 is 18.4. The third kappa shape index (κ3) is 2.31. The number of hydrogen-bond acceptors (Lipinski definition) is 4. The molecule has 0 amide bonds. The topological polar surface area (TPSA) is 67.9 Å². The first-order chi connectivity index (χ1) is 10.5. The maximum Gasteiger partial charge on any atom is 0.357 e. The normalized spacial score (nSPS) is 10.9. The Kier molecular flexibility index (Phi) is 3.54. The van der Waals surface area contributed by atoms with E-state index in [-0.39, 0.29) is 16.5 Å². The highest BCUT2D eigenvalue weighted by molar-refractivity contribution is 6.30. The predicted molar refractivity (Wildman–Crippen MR) is 80.4 cm³/mol. The Morgan fingerprint density at radius 2 is 2.14 bits per heavy atom. The van der Waals surface area contributed by atoms with Crippen molar-refractivity contribution in [2.24, 2.45) is 0 Å². The highest BCUT2D eigenvalue weighted by Gasteiger charge is 2.19. The summed E-state index contributed by atoms with van der Waals surface area (Å²) in [5.41, 5.74) is 1.86. The lowest BCUT2D eigenvalue weighted by molar-refractivity contribution is 0.0596. The van der Waals surface area contributed by atoms with Crippen molar-refractivity contribution in [2.75, 3.05) is 7.11 Å². The summed E-state index contributed by atoms with van der Waals surface area (Å²) in [5, 5.41) is 0.596. The molecular weight excluding hydrogens is 309 g/mol. The zero-order valence-electron chi connectivity index (χ0n) is 11.8. The van der Waals surface area contributed by atoms with Gasteiger partial charge in [-0.05, 0) is 30.7 Å². The molecule has 0 saturated heterocycles. The standard InChI is InChI=1S/C15H11ClFN3O2/c1-7-6-18-14-11(7)12(15(21)22-2)19-13(20-14)8-3-4-9(16)10(17)5-8/h3-6H,1-2H3,(H,18,19,20). The van der Waals surface area contributed by atoms with Crippen LogP contribution in [0.5, 0.6) is 0 Å². The number of aryl methyl sites for hydroxylation is 1. The number of nitrogens with one attached hydrogen (secondary N) is 1. The molecule has 5 nitrogen and oxygen atoms in total. The Bertz CT molecular complexity index is 892. The Morgan fingerprint density at radius 3 is 2.82 bits per heavy atom. The summed E-state index contributed by atoms with van der Waals surface area (Å²) in [6.45, 7) is 1.83. The van der Waals surface area contributed by atoms with E-state index in [9.17, 15) is 9.18 Å². The number of hydrogen-bond donors (Lipinski definition) is 1. The van der Waals surface area contributed by atoms with Gasteiger partial charge in [0.1, 0.15) is 11.5 Å². The number of aromatic amines is 1. The number of esters is 1. The number of nitrogens with zero attached hydrogens (tertiary/aromatic N) is 2. The molecule has 0 atom stereocenters. The van der Waals surface area contributed by atoms with Crippen molar-refractivity contribution in [3.05, 3.63) is 46.5 Å². The van der Waals surface area contributed by atoms with E-state index in [1.807, 2.05) is 6.92 Å². The molecule has 7 heteroatoms. The number of halogens is 2. The quantitative estimate of drug-likeness (QED) is 0.734. The molecule has 0 aliphatic heterocycles. The van der Waals surface area contributed by atoms with Crippen molar-refractivity contribution < 1.29 is 13.9 Å². The monoisotopic (exact) mass is 319 g/mol. The van der Waals surface area contributed by atoms with Gasteiger partial charge in [0.15, 0.2) is 11.5 Å². The molecule has 0 spiro atoms. The zero-order chi connectivity index (χ0) is 15.9. The number of ether oxygens (including phenoxy) is 1. The molecule has 3 rings (SSSR count). The van der Waals surface area contributed by atoms with Crippen LogP contribution in [0.25, 0.3) is 22.4 Å². The highest BCUT2D eigenvalue weighted by atomic mass is 35.5. The molecule has 0 aliphatic carbocycles. The number of H-pyrrole nitrogens is 1. The van der Waals surface area contributed by atoms with Gasteiger partial charge in [-0.1, -0.05) is 11.6 Å². The van der Waals surface area contributed by atoms with Gasteiger partial charge in [-0.25, -0.2) is 19.2 Å². The van der Waals surface area contributed by atoms with E-state index in [1.165, 1.54) is 19.2 Å². The molecule has 112 valence electrons. The number of methoxy groups -OCH3 is 1. The van der Waals surface area contributed by atoms with Crippen molar-refractivity contribution in [1.82, 2.24) is 15.0 Å². The second-order valence-electron chi connectivity index (χ2n) is 4.71. The molecule has 1 aromatic carbocycles. The summed E-state index contributed by atoms with van der Waals surface area (Å²) in [6.07, 6.45) is 1.72. The van der Waals surface area contributed by atoms with Gasteiger partial charge in [-0.15, -0.1) is 0 Å². The minimum absolute atomic E-state index is 0.00809. The summed E-state index contributed by atoms with van der Waals surface area (Å²) in [4.78, 5) is 23.5. The van der Waals surface area contributed by atoms with Crippen molar-refractivity contribution in [3.63, 3.8) is 0 Å². The third-order valence-corrected chi connectivity index (χ3v) is 3.59. The van der Waals surface area contributed by atoms with Crippen LogP contribution >= 0.6 is 11.6 Å². The van der Waals surface area contributed by atoms with Crippen LogP contribution in [0, 0.1) is 12.7 Å². The Labute approximate surface area is 130 Å². The second-order valence-corrected chi connectivity index (χ2v) is 5.12. The first-order valence-corrected chi connectivity index (χ1v) is 6.78. The van der Waals surface area contributed by atoms with Crippen LogP contribution in [-0.2, 0) is 4.74 Å². The molecular formula is C15H11ClFN3O2. The SMILES string of the molecule is COC(=O)c1nc(-c2ccc(Cl)c(F)c2)nc2[nH]cc(C)c12. The van der Waals surface area contributed by atoms with Crippen molar-refractivity contribution in [2.45, 2.75) is 6.92 Å². The van der Waals surface area contributed by atoms with Crippen LogP contribution in [-0.4, -0.2) is 28.0 Å². The number of fused-ring (bicyclic) bond motifs is 1. The van der Waals surface area contributed by atoms with Crippen LogP contribution in [0.4, 0.5) is 4.39 Å². The smallest absolute Gasteiger partial charge is 0.357 e. The number of benzene rings is 1. The lowest BCUT2D eigenvalue weighted by Crippen LogP contribution is -2.07. The average Bonchev–Trinajstić information content (AvgIpc) is 2.90. The first-order valence-electron chi connectivity index (χ1n) is 6.40. The van der Waals surface area contributed by atoms with Crippen molar-refractivity contribution in [3.8, 4) is 11.4 Å². The van der Waals surface area contributed by atoms with Crippen LogP contribution in [0.2, 0.25) is 5.02 Å². The fraction of sp³-hybridized carbons (Fsp3) is 0.133. The number of rotatable bonds is 2. The van der Waals surface area contributed by atoms with Gasteiger partial charge in [-0.3, -0.25) is 0 Å². The Morgan fingerprint density at radius 1 is 1.36 bits per heavy atom. The van der Waals surface area contributed by atoms with Crippen LogP contribution < -0.4 is 0 Å². The van der Waals surface area contributed by atoms with Gasteiger partial charge in [0.2, 0.25) is 0 Å². The lowest BCUT2D eigenvalue weighted by atomic mass is 10.1. The van der Waals surface area contributed by atoms with Crippen LogP contribution in [0.1, 0.15) is 16.1 Å². The van der Waals surface area contributed by atoms with Gasteiger partial charge in [-0.2, -0.15) is 0 Å². The van der Waals surface area contributed by atoms with Gasteiger partial charge in [0, 0.05) is 11.8 Å². The largest absolute Gasteiger partial charge is 0.464 e. The van der Waals surface area contributed by atoms with Gasteiger partial charge >= 0.3 is 5.97 Å². The molecule has 2 aromatic heterocycles. The fourth-order valence-electron chi connectivity index (χ4n) is 2.20. The third-order valence-electron chi connectivity index (χ3n) is 3.29. The van der Waals surface area contributed by atoms with E-state index in [1.54, 1.807) is 12.3 Å². The molecule has 0 bridgehead atoms. The van der Waals surface area contributed by atoms with Crippen molar-refractivity contribution in [1.29, 1.82) is 0 Å². The van der Waals surface area contributed by atoms with Gasteiger partial charge < -0.3 is 9.72 Å². The minimum Gasteiger partial charge on any atom is -0.464 e. The van der Waals surface area contributed by atoms with Gasteiger partial charge in [0.25, 0.3) is 0 Å². The summed E-state index contributed by atoms with van der Waals surface area (Å²) in [6, 6.07) is 4.22. The molecule has 0 saturated carbocycles. The summed E-state index contributed by atoms with van der Waals surface area (Å²) in [5.74, 6) is -0.943. The number of aromatic nitrogens is 3. The zero-order valence-corrected chi connectivity index (χ0v) is 12.5. The average molecular weight is 320 g/mol. The van der Waals surface area contributed by atoms with E-state index in [2.05, 4.69) is 15.0 Å². The molecule has 0 radical (unpaired) electrons. The molecule has 0 fully saturated rings. The Balaban J connectivity index is 2.27. The molecule has 22 heavy (non-hydrogen) atoms. The second kappa shape index (κ2) is 5.38. The fourth-order valence-corrected chi connectivity index (χ4v) is 2.31. The van der Waals surface area contributed by atoms with E-state index in [4.69, 9.17) is 16.3 Å². The summed E-state index contributed by atoms with van der Waals surface area (Å²) >= 11 is 5.67. The Hall–Kier alpha value is -2.47. The lowest BCUT2D eigenvalue weighted by Gasteiger charge is -2.06. The van der Waals surface area contributed by atoms with Crippen LogP contribution in [0.3, 0.4) is 0 Å². The molecule has 0 aliphatic rings. The summed E-state index contributed by atoms with van der Waals surface area (Å²) in [7, 11) is 1.28. The number of carbonyl (C=O) groups excluding carboxylic acids is 1. The van der Waals surface area contributed by atoms with Crippen LogP contribution in [0.15, 0.2) is 24.4 Å².